The van der Waals surface area contributed by atoms with Gasteiger partial charge in [0.1, 0.15) is 0 Å². The predicted octanol–water partition coefficient (Wildman–Crippen LogP) is 2.75. The lowest BCUT2D eigenvalue weighted by molar-refractivity contribution is -0.384. The maximum Gasteiger partial charge on any atom is 0.269 e. The monoisotopic (exact) mass is 278 g/mol. The number of aliphatic hydroxyl groups is 1. The van der Waals surface area contributed by atoms with Crippen molar-refractivity contribution in [2.75, 3.05) is 13.6 Å². The standard InChI is InChI=1S/C15H22N2O3/c1-11(12-5-3-7-14(9-12)17(19)20)16(2)10-13-6-4-8-15(13)18/h3,5,7,9,11,13,15,18H,4,6,8,10H2,1-2H3. The van der Waals surface area contributed by atoms with Crippen LogP contribution in [-0.4, -0.2) is 34.6 Å². The van der Waals surface area contributed by atoms with Gasteiger partial charge in [0.05, 0.1) is 11.0 Å². The molecule has 110 valence electrons. The van der Waals surface area contributed by atoms with Crippen molar-refractivity contribution in [3.8, 4) is 0 Å². The van der Waals surface area contributed by atoms with Crippen molar-refractivity contribution in [3.05, 3.63) is 39.9 Å². The molecule has 0 spiro atoms. The molecule has 20 heavy (non-hydrogen) atoms. The van der Waals surface area contributed by atoms with E-state index in [0.717, 1.165) is 31.4 Å². The van der Waals surface area contributed by atoms with Gasteiger partial charge in [0.25, 0.3) is 5.69 Å². The fourth-order valence-electron chi connectivity index (χ4n) is 2.91. The van der Waals surface area contributed by atoms with Gasteiger partial charge in [0, 0.05) is 24.7 Å². The minimum Gasteiger partial charge on any atom is -0.393 e. The van der Waals surface area contributed by atoms with Crippen LogP contribution in [0.2, 0.25) is 0 Å². The number of nitro groups is 1. The van der Waals surface area contributed by atoms with Crippen LogP contribution < -0.4 is 0 Å². The van der Waals surface area contributed by atoms with Crippen LogP contribution in [0.15, 0.2) is 24.3 Å². The molecule has 1 aliphatic carbocycles. The molecular weight excluding hydrogens is 256 g/mol. The first-order valence-electron chi connectivity index (χ1n) is 7.11. The van der Waals surface area contributed by atoms with Gasteiger partial charge >= 0.3 is 0 Å². The van der Waals surface area contributed by atoms with Gasteiger partial charge in [0.2, 0.25) is 0 Å². The van der Waals surface area contributed by atoms with Crippen molar-refractivity contribution in [2.45, 2.75) is 38.3 Å². The van der Waals surface area contributed by atoms with E-state index >= 15 is 0 Å². The Hall–Kier alpha value is -1.46. The molecule has 0 saturated heterocycles. The van der Waals surface area contributed by atoms with Gasteiger partial charge in [-0.15, -0.1) is 0 Å². The molecule has 1 fully saturated rings. The lowest BCUT2D eigenvalue weighted by atomic mass is 10.0. The van der Waals surface area contributed by atoms with Crippen LogP contribution in [0, 0.1) is 16.0 Å². The van der Waals surface area contributed by atoms with Gasteiger partial charge < -0.3 is 5.11 Å². The summed E-state index contributed by atoms with van der Waals surface area (Å²) in [4.78, 5) is 12.6. The molecule has 5 nitrogen and oxygen atoms in total. The van der Waals surface area contributed by atoms with E-state index in [4.69, 9.17) is 0 Å². The van der Waals surface area contributed by atoms with Crippen molar-refractivity contribution in [3.63, 3.8) is 0 Å². The summed E-state index contributed by atoms with van der Waals surface area (Å²) in [5.41, 5.74) is 1.07. The van der Waals surface area contributed by atoms with E-state index < -0.39 is 0 Å². The summed E-state index contributed by atoms with van der Waals surface area (Å²) in [5.74, 6) is 0.321. The van der Waals surface area contributed by atoms with E-state index in [-0.39, 0.29) is 22.8 Å². The minimum atomic E-state index is -0.364. The molecule has 0 amide bonds. The van der Waals surface area contributed by atoms with Gasteiger partial charge in [-0.05, 0) is 38.3 Å². The molecule has 1 aromatic carbocycles. The van der Waals surface area contributed by atoms with Crippen LogP contribution in [0.1, 0.15) is 37.8 Å². The summed E-state index contributed by atoms with van der Waals surface area (Å²) in [6, 6.07) is 6.88. The number of nitro benzene ring substituents is 1. The quantitative estimate of drug-likeness (QED) is 0.664. The minimum absolute atomic E-state index is 0.0997. The Morgan fingerprint density at radius 2 is 2.25 bits per heavy atom. The number of rotatable bonds is 5. The van der Waals surface area contributed by atoms with Crippen molar-refractivity contribution < 1.29 is 10.0 Å². The molecule has 0 radical (unpaired) electrons. The van der Waals surface area contributed by atoms with Gasteiger partial charge in [-0.1, -0.05) is 18.6 Å². The molecule has 5 heteroatoms. The lowest BCUT2D eigenvalue weighted by Gasteiger charge is -2.28. The highest BCUT2D eigenvalue weighted by Gasteiger charge is 2.27. The van der Waals surface area contributed by atoms with Gasteiger partial charge in [0.15, 0.2) is 0 Å². The third-order valence-corrected chi connectivity index (χ3v) is 4.37. The topological polar surface area (TPSA) is 66.6 Å². The van der Waals surface area contributed by atoms with Crippen molar-refractivity contribution >= 4 is 5.69 Å². The first-order valence-corrected chi connectivity index (χ1v) is 7.11. The number of non-ortho nitro benzene ring substituents is 1. The molecule has 1 saturated carbocycles. The average molecular weight is 278 g/mol. The molecule has 3 atom stereocenters. The number of nitrogens with zero attached hydrogens (tertiary/aromatic N) is 2. The van der Waals surface area contributed by atoms with Crippen LogP contribution in [0.25, 0.3) is 0 Å². The molecule has 1 N–H and O–H groups in total. The maximum atomic E-state index is 10.8. The zero-order valence-electron chi connectivity index (χ0n) is 12.0. The van der Waals surface area contributed by atoms with E-state index in [0.29, 0.717) is 5.92 Å². The Balaban J connectivity index is 2.04. The van der Waals surface area contributed by atoms with Crippen LogP contribution >= 0.6 is 0 Å². The summed E-state index contributed by atoms with van der Waals surface area (Å²) >= 11 is 0. The van der Waals surface area contributed by atoms with Crippen LogP contribution in [-0.2, 0) is 0 Å². The molecule has 1 aromatic rings. The van der Waals surface area contributed by atoms with Crippen molar-refractivity contribution in [1.82, 2.24) is 4.90 Å². The molecule has 0 aromatic heterocycles. The summed E-state index contributed by atoms with van der Waals surface area (Å²) < 4.78 is 0. The smallest absolute Gasteiger partial charge is 0.269 e. The van der Waals surface area contributed by atoms with Gasteiger partial charge in [-0.3, -0.25) is 15.0 Å². The zero-order chi connectivity index (χ0) is 14.7. The summed E-state index contributed by atoms with van der Waals surface area (Å²) in [6.45, 7) is 2.87. The first kappa shape index (κ1) is 14.9. The van der Waals surface area contributed by atoms with E-state index in [9.17, 15) is 15.2 Å². The lowest BCUT2D eigenvalue weighted by Crippen LogP contribution is -2.31. The Labute approximate surface area is 119 Å². The van der Waals surface area contributed by atoms with Crippen molar-refractivity contribution in [2.24, 2.45) is 5.92 Å². The number of benzene rings is 1. The second kappa shape index (κ2) is 6.33. The largest absolute Gasteiger partial charge is 0.393 e. The summed E-state index contributed by atoms with van der Waals surface area (Å²) in [5, 5.41) is 20.7. The van der Waals surface area contributed by atoms with Gasteiger partial charge in [-0.2, -0.15) is 0 Å². The SMILES string of the molecule is CC(c1cccc([N+](=O)[O-])c1)N(C)CC1CCCC1O. The normalized spacial score (nSPS) is 24.0. The molecule has 0 aliphatic heterocycles. The van der Waals surface area contributed by atoms with Crippen molar-refractivity contribution in [1.29, 1.82) is 0 Å². The highest BCUT2D eigenvalue weighted by Crippen LogP contribution is 2.29. The summed E-state index contributed by atoms with van der Waals surface area (Å²) in [6.07, 6.45) is 2.84. The molecule has 0 bridgehead atoms. The zero-order valence-corrected chi connectivity index (χ0v) is 12.0. The Morgan fingerprint density at radius 1 is 1.50 bits per heavy atom. The number of hydrogen-bond acceptors (Lipinski definition) is 4. The van der Waals surface area contributed by atoms with E-state index in [1.807, 2.05) is 20.0 Å². The van der Waals surface area contributed by atoms with E-state index in [2.05, 4.69) is 4.90 Å². The number of aliphatic hydroxyl groups excluding tert-OH is 1. The Morgan fingerprint density at radius 3 is 2.85 bits per heavy atom. The molecular formula is C15H22N2O3. The van der Waals surface area contributed by atoms with Crippen LogP contribution in [0.4, 0.5) is 5.69 Å². The third kappa shape index (κ3) is 3.35. The number of hydrogen-bond donors (Lipinski definition) is 1. The first-order chi connectivity index (χ1) is 9.49. The Kier molecular flexibility index (Phi) is 4.73. The highest BCUT2D eigenvalue weighted by molar-refractivity contribution is 5.35. The maximum absolute atomic E-state index is 10.8. The van der Waals surface area contributed by atoms with Crippen LogP contribution in [0.5, 0.6) is 0 Å². The second-order valence-corrected chi connectivity index (χ2v) is 5.73. The fraction of sp³-hybridized carbons (Fsp3) is 0.600. The Bertz CT molecular complexity index is 478. The van der Waals surface area contributed by atoms with Crippen LogP contribution in [0.3, 0.4) is 0 Å². The molecule has 0 heterocycles. The van der Waals surface area contributed by atoms with E-state index in [1.54, 1.807) is 12.1 Å². The molecule has 2 rings (SSSR count). The average Bonchev–Trinajstić information content (AvgIpc) is 2.83. The van der Waals surface area contributed by atoms with E-state index in [1.165, 1.54) is 6.07 Å². The molecule has 3 unspecified atom stereocenters. The van der Waals surface area contributed by atoms with Gasteiger partial charge in [-0.25, -0.2) is 0 Å². The second-order valence-electron chi connectivity index (χ2n) is 5.73. The summed E-state index contributed by atoms with van der Waals surface area (Å²) in [7, 11) is 2.01. The fourth-order valence-corrected chi connectivity index (χ4v) is 2.91. The third-order valence-electron chi connectivity index (χ3n) is 4.37. The predicted molar refractivity (Wildman–Crippen MR) is 77.5 cm³/mol. The molecule has 1 aliphatic rings. The highest BCUT2D eigenvalue weighted by atomic mass is 16.6.